The smallest absolute Gasteiger partial charge is 0.182 e. The van der Waals surface area contributed by atoms with E-state index < -0.39 is 0 Å². The highest BCUT2D eigenvalue weighted by atomic mass is 16.5. The molecule has 0 radical (unpaired) electrons. The fourth-order valence-corrected chi connectivity index (χ4v) is 3.23. The molecule has 0 bridgehead atoms. The molecule has 6 rings (SSSR count). The molecule has 8 heteroatoms. The van der Waals surface area contributed by atoms with Crippen molar-refractivity contribution < 1.29 is 4.74 Å². The van der Waals surface area contributed by atoms with Crippen molar-refractivity contribution in [1.29, 1.82) is 0 Å². The number of fused-ring (bicyclic) bond motifs is 2. The van der Waals surface area contributed by atoms with Crippen LogP contribution in [0.25, 0.3) is 11.2 Å². The number of hydrogen-bond donors (Lipinski definition) is 3. The summed E-state index contributed by atoms with van der Waals surface area (Å²) >= 11 is 0. The second kappa shape index (κ2) is 10.0. The fraction of sp³-hybridized carbons (Fsp3) is 0.130. The van der Waals surface area contributed by atoms with Crippen molar-refractivity contribution in [3.63, 3.8) is 0 Å². The molecule has 5 aromatic rings. The number of aryl methyl sites for hydroxylation is 1. The van der Waals surface area contributed by atoms with Crippen LogP contribution in [0.15, 0.2) is 86.0 Å². The fourth-order valence-electron chi connectivity index (χ4n) is 3.23. The van der Waals surface area contributed by atoms with Crippen LogP contribution in [0.1, 0.15) is 23.7 Å². The predicted molar refractivity (Wildman–Crippen MR) is 119 cm³/mol. The number of rotatable bonds is 1. The van der Waals surface area contributed by atoms with Gasteiger partial charge in [0.2, 0.25) is 0 Å². The number of anilines is 1. The summed E-state index contributed by atoms with van der Waals surface area (Å²) in [6.07, 6.45) is 10.4. The number of nitrogen functional groups attached to an aromatic ring is 1. The Morgan fingerprint density at radius 1 is 0.935 bits per heavy atom. The molecule has 3 aromatic heterocycles. The molecule has 4 heterocycles. The van der Waals surface area contributed by atoms with E-state index in [0.29, 0.717) is 17.0 Å². The lowest BCUT2D eigenvalue weighted by Gasteiger charge is -2.26. The van der Waals surface area contributed by atoms with E-state index in [9.17, 15) is 0 Å². The topological polar surface area (TPSA) is 118 Å². The predicted octanol–water partition coefficient (Wildman–Crippen LogP) is 4.10. The number of aromatic amines is 2. The minimum Gasteiger partial charge on any atom is -0.485 e. The molecular formula is C23H23N7O. The molecule has 1 aliphatic rings. The Morgan fingerprint density at radius 2 is 1.77 bits per heavy atom. The van der Waals surface area contributed by atoms with E-state index in [1.165, 1.54) is 23.8 Å². The van der Waals surface area contributed by atoms with Crippen molar-refractivity contribution in [3.05, 3.63) is 97.1 Å². The van der Waals surface area contributed by atoms with Crippen LogP contribution in [0.4, 0.5) is 5.82 Å². The second-order valence-corrected chi connectivity index (χ2v) is 6.78. The molecule has 0 aliphatic carbocycles. The average Bonchev–Trinajstić information content (AvgIpc) is 3.56. The SMILES string of the molecule is Nc1ncnc2nc[nH]c12.c1c[nH]cn1.c1ccc(C2CCc3ccccc3O2)cc1. The molecule has 4 N–H and O–H groups in total. The highest BCUT2D eigenvalue weighted by Gasteiger charge is 2.20. The molecule has 31 heavy (non-hydrogen) atoms. The largest absolute Gasteiger partial charge is 0.485 e. The van der Waals surface area contributed by atoms with Crippen molar-refractivity contribution in [2.24, 2.45) is 0 Å². The van der Waals surface area contributed by atoms with Crippen molar-refractivity contribution in [2.75, 3.05) is 5.73 Å². The van der Waals surface area contributed by atoms with Gasteiger partial charge >= 0.3 is 0 Å². The van der Waals surface area contributed by atoms with Gasteiger partial charge in [-0.25, -0.2) is 19.9 Å². The molecule has 156 valence electrons. The maximum atomic E-state index is 6.02. The maximum Gasteiger partial charge on any atom is 0.182 e. The molecule has 0 fully saturated rings. The van der Waals surface area contributed by atoms with Crippen molar-refractivity contribution in [1.82, 2.24) is 29.9 Å². The van der Waals surface area contributed by atoms with Crippen LogP contribution in [0.3, 0.4) is 0 Å². The standard InChI is InChI=1S/C15H14O.C5H5N5.C3H4N2/c1-2-6-12(7-3-1)15-11-10-13-8-4-5-9-14(13)16-15;6-4-3-5(9-1-7-3)10-2-8-4;1-2-5-3-4-1/h1-9,15H,10-11H2;1-2H,(H3,6,7,8,9,10);1-3H,(H,4,5). The number of imidazole rings is 2. The normalized spacial score (nSPS) is 14.3. The minimum absolute atomic E-state index is 0.219. The third kappa shape index (κ3) is 5.24. The van der Waals surface area contributed by atoms with E-state index in [-0.39, 0.29) is 6.10 Å². The molecule has 1 aliphatic heterocycles. The lowest BCUT2D eigenvalue weighted by molar-refractivity contribution is 0.176. The van der Waals surface area contributed by atoms with Crippen molar-refractivity contribution in [2.45, 2.75) is 18.9 Å². The zero-order valence-electron chi connectivity index (χ0n) is 16.8. The van der Waals surface area contributed by atoms with Gasteiger partial charge in [-0.3, -0.25) is 0 Å². The first-order valence-electron chi connectivity index (χ1n) is 9.93. The van der Waals surface area contributed by atoms with Crippen LogP contribution in [0.5, 0.6) is 5.75 Å². The van der Waals surface area contributed by atoms with E-state index >= 15 is 0 Å². The summed E-state index contributed by atoms with van der Waals surface area (Å²) in [5.41, 5.74) is 9.38. The minimum atomic E-state index is 0.219. The van der Waals surface area contributed by atoms with Gasteiger partial charge in [-0.15, -0.1) is 0 Å². The number of para-hydroxylation sites is 1. The first-order chi connectivity index (χ1) is 15.3. The Balaban J connectivity index is 0.000000130. The Labute approximate surface area is 179 Å². The van der Waals surface area contributed by atoms with Gasteiger partial charge in [-0.1, -0.05) is 48.5 Å². The quantitative estimate of drug-likeness (QED) is 0.381. The maximum absolute atomic E-state index is 6.02. The highest BCUT2D eigenvalue weighted by Crippen LogP contribution is 2.34. The van der Waals surface area contributed by atoms with Gasteiger partial charge in [0, 0.05) is 12.4 Å². The van der Waals surface area contributed by atoms with E-state index in [1.807, 2.05) is 12.1 Å². The average molecular weight is 413 g/mol. The van der Waals surface area contributed by atoms with Gasteiger partial charge < -0.3 is 20.4 Å². The van der Waals surface area contributed by atoms with Gasteiger partial charge in [-0.05, 0) is 30.0 Å². The van der Waals surface area contributed by atoms with Crippen LogP contribution in [-0.4, -0.2) is 29.9 Å². The third-order valence-electron chi connectivity index (χ3n) is 4.75. The summed E-state index contributed by atoms with van der Waals surface area (Å²) in [6, 6.07) is 18.8. The number of H-pyrrole nitrogens is 2. The van der Waals surface area contributed by atoms with Gasteiger partial charge in [0.25, 0.3) is 0 Å². The number of nitrogens with two attached hydrogens (primary N) is 1. The highest BCUT2D eigenvalue weighted by molar-refractivity contribution is 5.80. The molecule has 2 aromatic carbocycles. The number of nitrogens with zero attached hydrogens (tertiary/aromatic N) is 4. The molecule has 1 unspecified atom stereocenters. The Morgan fingerprint density at radius 3 is 2.52 bits per heavy atom. The second-order valence-electron chi connectivity index (χ2n) is 6.78. The van der Waals surface area contributed by atoms with Crippen molar-refractivity contribution in [3.8, 4) is 5.75 Å². The van der Waals surface area contributed by atoms with Gasteiger partial charge in [0.1, 0.15) is 23.7 Å². The van der Waals surface area contributed by atoms with Gasteiger partial charge in [0.15, 0.2) is 11.5 Å². The molecule has 0 saturated carbocycles. The summed E-state index contributed by atoms with van der Waals surface area (Å²) in [5.74, 6) is 1.48. The summed E-state index contributed by atoms with van der Waals surface area (Å²) in [6.45, 7) is 0. The Hall–Kier alpha value is -4.20. The number of benzene rings is 2. The summed E-state index contributed by atoms with van der Waals surface area (Å²) in [7, 11) is 0. The van der Waals surface area contributed by atoms with Crippen LogP contribution in [0, 0.1) is 0 Å². The molecule has 8 nitrogen and oxygen atoms in total. The number of ether oxygens (including phenoxy) is 1. The Kier molecular flexibility index (Phi) is 6.49. The molecular weight excluding hydrogens is 390 g/mol. The lowest BCUT2D eigenvalue weighted by Crippen LogP contribution is -2.14. The van der Waals surface area contributed by atoms with Crippen LogP contribution in [0.2, 0.25) is 0 Å². The summed E-state index contributed by atoms with van der Waals surface area (Å²) < 4.78 is 6.02. The van der Waals surface area contributed by atoms with Crippen LogP contribution < -0.4 is 10.5 Å². The van der Waals surface area contributed by atoms with E-state index in [4.69, 9.17) is 10.5 Å². The summed E-state index contributed by atoms with van der Waals surface area (Å²) in [4.78, 5) is 20.8. The van der Waals surface area contributed by atoms with Crippen LogP contribution >= 0.6 is 0 Å². The van der Waals surface area contributed by atoms with E-state index in [1.54, 1.807) is 18.7 Å². The Bertz CT molecular complexity index is 1170. The lowest BCUT2D eigenvalue weighted by atomic mass is 9.98. The first kappa shape index (κ1) is 20.1. The van der Waals surface area contributed by atoms with Gasteiger partial charge in [-0.2, -0.15) is 0 Å². The number of hydrogen-bond acceptors (Lipinski definition) is 6. The van der Waals surface area contributed by atoms with E-state index in [2.05, 4.69) is 72.4 Å². The van der Waals surface area contributed by atoms with Crippen molar-refractivity contribution >= 4 is 17.0 Å². The monoisotopic (exact) mass is 413 g/mol. The first-order valence-corrected chi connectivity index (χ1v) is 9.93. The third-order valence-corrected chi connectivity index (χ3v) is 4.75. The molecule has 0 spiro atoms. The molecule has 0 amide bonds. The zero-order valence-corrected chi connectivity index (χ0v) is 16.8. The molecule has 1 atom stereocenters. The van der Waals surface area contributed by atoms with Crippen LogP contribution in [-0.2, 0) is 6.42 Å². The van der Waals surface area contributed by atoms with E-state index in [0.717, 1.165) is 18.6 Å². The molecule has 0 saturated heterocycles. The number of nitrogens with one attached hydrogen (secondary N) is 2. The number of aromatic nitrogens is 6. The van der Waals surface area contributed by atoms with Gasteiger partial charge in [0.05, 0.1) is 12.7 Å². The summed E-state index contributed by atoms with van der Waals surface area (Å²) in [5, 5.41) is 0. The zero-order chi connectivity index (χ0) is 21.3.